The molecule has 0 aromatic carbocycles. The van der Waals surface area contributed by atoms with Crippen molar-refractivity contribution in [1.82, 2.24) is 4.90 Å². The lowest BCUT2D eigenvalue weighted by Crippen LogP contribution is -2.40. The number of amidine groups is 1. The number of likely N-dealkylation sites (tertiary alicyclic amines) is 1. The number of hydrogen-bond acceptors (Lipinski definition) is 2. The number of nitrogens with two attached hydrogens (primary N) is 1. The summed E-state index contributed by atoms with van der Waals surface area (Å²) < 4.78 is 0. The lowest BCUT2D eigenvalue weighted by Gasteiger charge is -2.41. The Morgan fingerprint density at radius 3 is 2.16 bits per heavy atom. The summed E-state index contributed by atoms with van der Waals surface area (Å²) in [5.41, 5.74) is 6.12. The molecule has 0 unspecified atom stereocenters. The van der Waals surface area contributed by atoms with Crippen molar-refractivity contribution in [3.63, 3.8) is 0 Å². The zero-order valence-electron chi connectivity index (χ0n) is 13.4. The van der Waals surface area contributed by atoms with Crippen LogP contribution in [0.4, 0.5) is 0 Å². The number of piperidine rings is 1. The lowest BCUT2D eigenvalue weighted by molar-refractivity contribution is 0.0931. The molecule has 0 spiro atoms. The SMILES string of the molecule is CCC1(CC)CCN(CCCC(C)(C)C(=N)N)CC1. The zero-order chi connectivity index (χ0) is 14.5. The predicted molar refractivity (Wildman–Crippen MR) is 83.6 cm³/mol. The largest absolute Gasteiger partial charge is 0.387 e. The molecule has 0 saturated carbocycles. The van der Waals surface area contributed by atoms with Gasteiger partial charge in [0.05, 0.1) is 5.84 Å². The van der Waals surface area contributed by atoms with E-state index in [1.807, 2.05) is 0 Å². The molecular formula is C16H33N3. The first-order chi connectivity index (χ1) is 8.85. The van der Waals surface area contributed by atoms with Gasteiger partial charge in [0.2, 0.25) is 0 Å². The molecule has 0 amide bonds. The number of nitrogens with zero attached hydrogens (tertiary/aromatic N) is 1. The van der Waals surface area contributed by atoms with Crippen LogP contribution in [0.25, 0.3) is 0 Å². The van der Waals surface area contributed by atoms with E-state index < -0.39 is 0 Å². The van der Waals surface area contributed by atoms with Crippen LogP contribution in [0.5, 0.6) is 0 Å². The molecule has 0 aliphatic carbocycles. The summed E-state index contributed by atoms with van der Waals surface area (Å²) >= 11 is 0. The molecule has 0 radical (unpaired) electrons. The van der Waals surface area contributed by atoms with Gasteiger partial charge in [0.15, 0.2) is 0 Å². The third kappa shape index (κ3) is 4.48. The van der Waals surface area contributed by atoms with Crippen LogP contribution in [-0.2, 0) is 0 Å². The molecule has 1 fully saturated rings. The zero-order valence-corrected chi connectivity index (χ0v) is 13.4. The maximum absolute atomic E-state index is 7.59. The van der Waals surface area contributed by atoms with Crippen molar-refractivity contribution in [3.05, 3.63) is 0 Å². The third-order valence-corrected chi connectivity index (χ3v) is 5.42. The van der Waals surface area contributed by atoms with Gasteiger partial charge in [0.25, 0.3) is 0 Å². The van der Waals surface area contributed by atoms with Crippen LogP contribution in [0.3, 0.4) is 0 Å². The summed E-state index contributed by atoms with van der Waals surface area (Å²) in [6.45, 7) is 12.5. The Kier molecular flexibility index (Phi) is 5.84. The van der Waals surface area contributed by atoms with Gasteiger partial charge in [-0.1, -0.05) is 40.5 Å². The molecule has 0 aromatic heterocycles. The van der Waals surface area contributed by atoms with Crippen LogP contribution in [0.2, 0.25) is 0 Å². The average molecular weight is 267 g/mol. The molecule has 1 heterocycles. The van der Waals surface area contributed by atoms with Crippen LogP contribution in [-0.4, -0.2) is 30.4 Å². The summed E-state index contributed by atoms with van der Waals surface area (Å²) in [6.07, 6.45) is 7.54. The summed E-state index contributed by atoms with van der Waals surface area (Å²) in [5.74, 6) is 0.321. The second-order valence-electron chi connectivity index (χ2n) is 6.95. The van der Waals surface area contributed by atoms with E-state index in [9.17, 15) is 0 Å². The standard InChI is InChI=1S/C16H33N3/c1-5-16(6-2)9-12-19(13-10-16)11-7-8-15(3,4)14(17)18/h5-13H2,1-4H3,(H3,17,18). The number of hydrogen-bond donors (Lipinski definition) is 2. The topological polar surface area (TPSA) is 53.1 Å². The highest BCUT2D eigenvalue weighted by Gasteiger charge is 2.31. The first-order valence-electron chi connectivity index (χ1n) is 7.92. The summed E-state index contributed by atoms with van der Waals surface area (Å²) in [4.78, 5) is 2.60. The van der Waals surface area contributed by atoms with E-state index in [0.717, 1.165) is 12.8 Å². The monoisotopic (exact) mass is 267 g/mol. The van der Waals surface area contributed by atoms with Gasteiger partial charge in [0.1, 0.15) is 0 Å². The van der Waals surface area contributed by atoms with E-state index in [1.165, 1.54) is 45.3 Å². The van der Waals surface area contributed by atoms with E-state index in [2.05, 4.69) is 32.6 Å². The van der Waals surface area contributed by atoms with Crippen LogP contribution in [0, 0.1) is 16.2 Å². The van der Waals surface area contributed by atoms with Crippen molar-refractivity contribution in [2.24, 2.45) is 16.6 Å². The third-order valence-electron chi connectivity index (χ3n) is 5.42. The quantitative estimate of drug-likeness (QED) is 0.546. The van der Waals surface area contributed by atoms with Gasteiger partial charge in [-0.05, 0) is 50.7 Å². The molecule has 19 heavy (non-hydrogen) atoms. The van der Waals surface area contributed by atoms with E-state index >= 15 is 0 Å². The van der Waals surface area contributed by atoms with Crippen molar-refractivity contribution in [3.8, 4) is 0 Å². The van der Waals surface area contributed by atoms with Gasteiger partial charge < -0.3 is 10.6 Å². The van der Waals surface area contributed by atoms with Crippen molar-refractivity contribution in [1.29, 1.82) is 5.41 Å². The predicted octanol–water partition coefficient (Wildman–Crippen LogP) is 3.63. The van der Waals surface area contributed by atoms with Crippen LogP contribution < -0.4 is 5.73 Å². The van der Waals surface area contributed by atoms with Gasteiger partial charge in [-0.25, -0.2) is 0 Å². The van der Waals surface area contributed by atoms with Gasteiger partial charge in [-0.2, -0.15) is 0 Å². The molecule has 1 aliphatic rings. The highest BCUT2D eigenvalue weighted by atomic mass is 15.1. The fourth-order valence-electron chi connectivity index (χ4n) is 3.09. The molecule has 0 bridgehead atoms. The average Bonchev–Trinajstić information content (AvgIpc) is 2.39. The van der Waals surface area contributed by atoms with E-state index in [0.29, 0.717) is 11.3 Å². The van der Waals surface area contributed by atoms with Crippen molar-refractivity contribution >= 4 is 5.84 Å². The van der Waals surface area contributed by atoms with Gasteiger partial charge in [-0.15, -0.1) is 0 Å². The highest BCUT2D eigenvalue weighted by molar-refractivity contribution is 5.82. The molecule has 3 heteroatoms. The smallest absolute Gasteiger partial charge is 0.0963 e. The minimum atomic E-state index is -0.133. The lowest BCUT2D eigenvalue weighted by atomic mass is 9.74. The van der Waals surface area contributed by atoms with Crippen LogP contribution in [0.15, 0.2) is 0 Å². The molecule has 0 atom stereocenters. The molecule has 3 N–H and O–H groups in total. The minimum Gasteiger partial charge on any atom is -0.387 e. The number of nitrogens with one attached hydrogen (secondary N) is 1. The summed E-state index contributed by atoms with van der Waals surface area (Å²) in [7, 11) is 0. The Labute approximate surface area is 119 Å². The maximum atomic E-state index is 7.59. The Morgan fingerprint density at radius 1 is 1.21 bits per heavy atom. The fourth-order valence-corrected chi connectivity index (χ4v) is 3.09. The molecule has 1 saturated heterocycles. The van der Waals surface area contributed by atoms with Crippen LogP contribution in [0.1, 0.15) is 66.2 Å². The van der Waals surface area contributed by atoms with Gasteiger partial charge >= 0.3 is 0 Å². The van der Waals surface area contributed by atoms with Gasteiger partial charge in [-0.3, -0.25) is 5.41 Å². The van der Waals surface area contributed by atoms with E-state index in [4.69, 9.17) is 11.1 Å². The molecule has 1 rings (SSSR count). The highest BCUT2D eigenvalue weighted by Crippen LogP contribution is 2.38. The Hall–Kier alpha value is -0.570. The Balaban J connectivity index is 2.29. The first-order valence-corrected chi connectivity index (χ1v) is 7.92. The molecule has 1 aliphatic heterocycles. The summed E-state index contributed by atoms with van der Waals surface area (Å²) in [6, 6.07) is 0. The van der Waals surface area contributed by atoms with E-state index in [1.54, 1.807) is 0 Å². The first kappa shape index (κ1) is 16.5. The van der Waals surface area contributed by atoms with Crippen LogP contribution >= 0.6 is 0 Å². The fraction of sp³-hybridized carbons (Fsp3) is 0.938. The molecule has 3 nitrogen and oxygen atoms in total. The van der Waals surface area contributed by atoms with E-state index in [-0.39, 0.29) is 5.41 Å². The molecule has 0 aromatic rings. The number of rotatable bonds is 7. The van der Waals surface area contributed by atoms with Crippen molar-refractivity contribution in [2.75, 3.05) is 19.6 Å². The van der Waals surface area contributed by atoms with Gasteiger partial charge in [0, 0.05) is 5.41 Å². The Morgan fingerprint density at radius 2 is 1.74 bits per heavy atom. The normalized spacial score (nSPS) is 20.4. The minimum absolute atomic E-state index is 0.133. The maximum Gasteiger partial charge on any atom is 0.0963 e. The Bertz CT molecular complexity index is 282. The van der Waals surface area contributed by atoms with Crippen molar-refractivity contribution in [2.45, 2.75) is 66.2 Å². The summed E-state index contributed by atoms with van der Waals surface area (Å²) in [5, 5.41) is 7.59. The molecular weight excluding hydrogens is 234 g/mol. The molecule has 112 valence electrons. The second kappa shape index (κ2) is 6.74. The van der Waals surface area contributed by atoms with Crippen molar-refractivity contribution < 1.29 is 0 Å². The second-order valence-corrected chi connectivity index (χ2v) is 6.95.